The van der Waals surface area contributed by atoms with Gasteiger partial charge in [0.2, 0.25) is 0 Å². The predicted octanol–water partition coefficient (Wildman–Crippen LogP) is -1.90. The third-order valence-electron chi connectivity index (χ3n) is 0. The summed E-state index contributed by atoms with van der Waals surface area (Å²) in [6.45, 7) is 0. The molecule has 18 valence electrons. The number of rotatable bonds is 0. The Balaban J connectivity index is 0. The van der Waals surface area contributed by atoms with Gasteiger partial charge in [-0.05, 0) is 0 Å². The second-order valence-electron chi connectivity index (χ2n) is 0. The molecule has 0 spiro atoms. The van der Waals surface area contributed by atoms with Crippen LogP contribution in [0, 0.1) is 0 Å². The van der Waals surface area contributed by atoms with Gasteiger partial charge in [-0.2, -0.15) is 0 Å². The molecule has 0 heterocycles. The Hall–Kier alpha value is 2.44. The summed E-state index contributed by atoms with van der Waals surface area (Å²) in [6.07, 6.45) is 0. The molecule has 0 atom stereocenters. The monoisotopic (exact) mass is 250 g/mol. The molecule has 0 nitrogen and oxygen atoms in total. The van der Waals surface area contributed by atoms with Crippen LogP contribution in [0.1, 0.15) is 0 Å². The van der Waals surface area contributed by atoms with Gasteiger partial charge in [-0.1, -0.05) is 0 Å². The van der Waals surface area contributed by atoms with Gasteiger partial charge < -0.3 is 0 Å². The molecule has 5 heteroatoms. The van der Waals surface area contributed by atoms with Crippen LogP contribution in [0.3, 0.4) is 0 Å². The van der Waals surface area contributed by atoms with Crippen LogP contribution in [0.4, 0.5) is 0 Å². The summed E-state index contributed by atoms with van der Waals surface area (Å²) in [5, 5.41) is 0. The average molecular weight is 250 g/mol. The van der Waals surface area contributed by atoms with Gasteiger partial charge in [0.1, 0.15) is 0 Å². The van der Waals surface area contributed by atoms with Crippen LogP contribution < -0.4 is 0 Å². The van der Waals surface area contributed by atoms with Crippen LogP contribution in [0.5, 0.6) is 0 Å². The fourth-order valence-electron chi connectivity index (χ4n) is 0. The molecule has 0 saturated heterocycles. The summed E-state index contributed by atoms with van der Waals surface area (Å²) >= 11 is 0. The van der Waals surface area contributed by atoms with Crippen molar-refractivity contribution in [2.75, 3.05) is 0 Å². The molecule has 5 heavy (non-hydrogen) atoms. The molecular formula is BaSi4. The van der Waals surface area contributed by atoms with Gasteiger partial charge in [-0.25, -0.2) is 0 Å². The van der Waals surface area contributed by atoms with Gasteiger partial charge >= 0.3 is 0 Å². The van der Waals surface area contributed by atoms with Crippen LogP contribution in [0.25, 0.3) is 0 Å². The van der Waals surface area contributed by atoms with E-state index in [1.165, 1.54) is 0 Å². The minimum absolute atomic E-state index is 0. The minimum atomic E-state index is 0. The Labute approximate surface area is 91.0 Å². The van der Waals surface area contributed by atoms with E-state index in [-0.39, 0.29) is 92.7 Å². The molecule has 18 radical (unpaired) electrons. The number of hydrogen-bond acceptors (Lipinski definition) is 0. The van der Waals surface area contributed by atoms with E-state index < -0.39 is 0 Å². The van der Waals surface area contributed by atoms with Crippen LogP contribution in [-0.4, -0.2) is 92.7 Å². The van der Waals surface area contributed by atoms with Crippen molar-refractivity contribution < 1.29 is 0 Å². The Morgan fingerprint density at radius 1 is 0.400 bits per heavy atom. The second-order valence-corrected chi connectivity index (χ2v) is 0. The fraction of sp³-hybridized carbons (Fsp3) is 0. The van der Waals surface area contributed by atoms with E-state index >= 15 is 0 Å². The topological polar surface area (TPSA) is 0 Å². The van der Waals surface area contributed by atoms with Crippen molar-refractivity contribution in [2.45, 2.75) is 0 Å². The van der Waals surface area contributed by atoms with Gasteiger partial charge in [0, 0.05) is 92.7 Å². The van der Waals surface area contributed by atoms with Crippen molar-refractivity contribution in [1.29, 1.82) is 0 Å². The molecule has 0 aromatic carbocycles. The molecule has 0 bridgehead atoms. The van der Waals surface area contributed by atoms with E-state index in [2.05, 4.69) is 0 Å². The average Bonchev–Trinajstić information content (AvgIpc) is 0. The summed E-state index contributed by atoms with van der Waals surface area (Å²) in [5.41, 5.74) is 0. The molecule has 0 unspecified atom stereocenters. The van der Waals surface area contributed by atoms with Gasteiger partial charge in [0.25, 0.3) is 0 Å². The SMILES string of the molecule is [Ba].[Si].[Si].[Si].[Si]. The molecule has 0 saturated carbocycles. The molecule has 0 aliphatic rings. The van der Waals surface area contributed by atoms with Crippen molar-refractivity contribution in [2.24, 2.45) is 0 Å². The van der Waals surface area contributed by atoms with Crippen molar-refractivity contribution in [3.63, 3.8) is 0 Å². The normalized spacial score (nSPS) is 0. The smallest absolute Gasteiger partial charge is 0 e. The van der Waals surface area contributed by atoms with E-state index in [0.29, 0.717) is 0 Å². The van der Waals surface area contributed by atoms with Crippen molar-refractivity contribution in [3.05, 3.63) is 0 Å². The van der Waals surface area contributed by atoms with Crippen molar-refractivity contribution in [3.8, 4) is 0 Å². The molecule has 0 N–H and O–H groups in total. The van der Waals surface area contributed by atoms with E-state index in [1.54, 1.807) is 0 Å². The summed E-state index contributed by atoms with van der Waals surface area (Å²) < 4.78 is 0. The summed E-state index contributed by atoms with van der Waals surface area (Å²) in [6, 6.07) is 0. The molecule has 0 fully saturated rings. The molecule has 0 aromatic heterocycles. The Morgan fingerprint density at radius 2 is 0.400 bits per heavy atom. The molecule has 0 amide bonds. The first-order valence-corrected chi connectivity index (χ1v) is 0. The minimum Gasteiger partial charge on any atom is 0 e. The molecule has 0 rings (SSSR count). The quantitative estimate of drug-likeness (QED) is 0.440. The Morgan fingerprint density at radius 3 is 0.400 bits per heavy atom. The fourth-order valence-corrected chi connectivity index (χ4v) is 0. The third kappa shape index (κ3) is 21.3. The van der Waals surface area contributed by atoms with Crippen LogP contribution in [0.2, 0.25) is 0 Å². The Bertz CT molecular complexity index is 3.61. The predicted molar refractivity (Wildman–Crippen MR) is 28.8 cm³/mol. The van der Waals surface area contributed by atoms with Gasteiger partial charge in [-0.3, -0.25) is 0 Å². The van der Waals surface area contributed by atoms with Gasteiger partial charge in [-0.15, -0.1) is 0 Å². The largest absolute Gasteiger partial charge is 0 e. The molecule has 0 aliphatic carbocycles. The molecule has 0 aromatic rings. The zero-order chi connectivity index (χ0) is 0. The summed E-state index contributed by atoms with van der Waals surface area (Å²) in [5.74, 6) is 0. The summed E-state index contributed by atoms with van der Waals surface area (Å²) in [7, 11) is 0. The first-order valence-electron chi connectivity index (χ1n) is 0. The first kappa shape index (κ1) is 51.8. The zero-order valence-electron chi connectivity index (χ0n) is 2.71. The maximum atomic E-state index is 0. The molecule has 0 aliphatic heterocycles. The molecular weight excluding hydrogens is 250 g/mol. The second kappa shape index (κ2) is 32.0. The van der Waals surface area contributed by atoms with E-state index in [0.717, 1.165) is 0 Å². The van der Waals surface area contributed by atoms with E-state index in [1.807, 2.05) is 0 Å². The van der Waals surface area contributed by atoms with Crippen molar-refractivity contribution >= 4 is 92.7 Å². The Kier molecular flexibility index (Phi) is 332. The first-order chi connectivity index (χ1) is 0. The van der Waals surface area contributed by atoms with Crippen molar-refractivity contribution in [1.82, 2.24) is 0 Å². The van der Waals surface area contributed by atoms with Crippen LogP contribution in [-0.2, 0) is 0 Å². The van der Waals surface area contributed by atoms with Crippen LogP contribution >= 0.6 is 0 Å². The summed E-state index contributed by atoms with van der Waals surface area (Å²) in [4.78, 5) is 0. The maximum absolute atomic E-state index is 0. The standard InChI is InChI=1S/Ba.4Si. The van der Waals surface area contributed by atoms with E-state index in [9.17, 15) is 0 Å². The van der Waals surface area contributed by atoms with Crippen LogP contribution in [0.15, 0.2) is 0 Å². The number of hydrogen-bond donors (Lipinski definition) is 0. The maximum Gasteiger partial charge on any atom is 0 e. The third-order valence-corrected chi connectivity index (χ3v) is 0. The van der Waals surface area contributed by atoms with Gasteiger partial charge in [0.05, 0.1) is 0 Å². The zero-order valence-corrected chi connectivity index (χ0v) is 11.1. The van der Waals surface area contributed by atoms with Gasteiger partial charge in [0.15, 0.2) is 0 Å². The van der Waals surface area contributed by atoms with E-state index in [4.69, 9.17) is 0 Å².